The highest BCUT2D eigenvalue weighted by Crippen LogP contribution is 2.25. The van der Waals surface area contributed by atoms with Crippen LogP contribution in [0, 0.1) is 0 Å². The maximum absolute atomic E-state index is 13.8. The second kappa shape index (κ2) is 13.6. The molecule has 0 aliphatic carbocycles. The molecule has 3 rings (SSSR count). The van der Waals surface area contributed by atoms with Crippen molar-refractivity contribution < 1.29 is 22.7 Å². The number of amides is 2. The van der Waals surface area contributed by atoms with Gasteiger partial charge in [-0.15, -0.1) is 0 Å². The average Bonchev–Trinajstić information content (AvgIpc) is 2.95. The predicted molar refractivity (Wildman–Crippen MR) is 148 cm³/mol. The third kappa shape index (κ3) is 7.35. The number of hydrogen-bond donors (Lipinski definition) is 1. The molecule has 9 heteroatoms. The molecule has 0 radical (unpaired) electrons. The van der Waals surface area contributed by atoms with Gasteiger partial charge in [-0.2, -0.15) is 0 Å². The van der Waals surface area contributed by atoms with Gasteiger partial charge >= 0.3 is 0 Å². The first-order valence-electron chi connectivity index (χ1n) is 12.6. The van der Waals surface area contributed by atoms with Gasteiger partial charge in [-0.25, -0.2) is 8.42 Å². The molecule has 1 N–H and O–H groups in total. The molecule has 3 aromatic carbocycles. The van der Waals surface area contributed by atoms with Crippen molar-refractivity contribution in [1.82, 2.24) is 10.2 Å². The Morgan fingerprint density at radius 2 is 1.53 bits per heavy atom. The molecule has 2 amide bonds. The van der Waals surface area contributed by atoms with Crippen molar-refractivity contribution >= 4 is 27.5 Å². The molecular weight excluding hydrogens is 502 g/mol. The normalized spacial score (nSPS) is 11.9. The molecule has 3 aromatic rings. The standard InChI is InChI=1S/C29H35N3O5S/c1-4-5-20-30-29(34)23(2)31(21-24-12-8-6-9-13-24)28(33)22-32(25-14-10-7-11-15-25)38(35,36)27-18-16-26(37-3)17-19-27/h6-19,23H,4-5,20-22H2,1-3H3,(H,30,34). The van der Waals surface area contributed by atoms with Crippen molar-refractivity contribution in [2.45, 2.75) is 44.2 Å². The van der Waals surface area contributed by atoms with Crippen molar-refractivity contribution in [3.63, 3.8) is 0 Å². The molecule has 0 saturated carbocycles. The Bertz CT molecular complexity index is 1280. The Labute approximate surface area is 225 Å². The van der Waals surface area contributed by atoms with Crippen molar-refractivity contribution in [2.75, 3.05) is 24.5 Å². The van der Waals surface area contributed by atoms with Gasteiger partial charge in [0.25, 0.3) is 10.0 Å². The Balaban J connectivity index is 1.95. The van der Waals surface area contributed by atoms with Gasteiger partial charge in [-0.1, -0.05) is 61.9 Å². The Hall–Kier alpha value is -3.85. The Kier molecular flexibility index (Phi) is 10.3. The largest absolute Gasteiger partial charge is 0.497 e. The highest BCUT2D eigenvalue weighted by molar-refractivity contribution is 7.92. The minimum Gasteiger partial charge on any atom is -0.497 e. The SMILES string of the molecule is CCCCNC(=O)C(C)N(Cc1ccccc1)C(=O)CN(c1ccccc1)S(=O)(=O)c1ccc(OC)cc1. The lowest BCUT2D eigenvalue weighted by atomic mass is 10.1. The zero-order chi connectivity index (χ0) is 27.5. The van der Waals surface area contributed by atoms with Crippen molar-refractivity contribution in [3.8, 4) is 5.75 Å². The molecule has 202 valence electrons. The minimum atomic E-state index is -4.11. The van der Waals surface area contributed by atoms with Crippen LogP contribution in [-0.2, 0) is 26.2 Å². The number of benzene rings is 3. The molecule has 0 heterocycles. The van der Waals surface area contributed by atoms with Crippen molar-refractivity contribution in [1.29, 1.82) is 0 Å². The van der Waals surface area contributed by atoms with Crippen LogP contribution in [0.3, 0.4) is 0 Å². The van der Waals surface area contributed by atoms with Crippen LogP contribution in [0.1, 0.15) is 32.3 Å². The van der Waals surface area contributed by atoms with E-state index in [-0.39, 0.29) is 17.3 Å². The van der Waals surface area contributed by atoms with Gasteiger partial charge in [0.05, 0.1) is 17.7 Å². The van der Waals surface area contributed by atoms with E-state index in [1.54, 1.807) is 49.4 Å². The fourth-order valence-corrected chi connectivity index (χ4v) is 5.31. The third-order valence-electron chi connectivity index (χ3n) is 6.16. The van der Waals surface area contributed by atoms with Gasteiger partial charge in [0.2, 0.25) is 11.8 Å². The summed E-state index contributed by atoms with van der Waals surface area (Å²) in [5.74, 6) is -0.261. The maximum atomic E-state index is 13.8. The van der Waals surface area contributed by atoms with E-state index in [0.29, 0.717) is 18.0 Å². The summed E-state index contributed by atoms with van der Waals surface area (Å²) in [6.07, 6.45) is 1.75. The van der Waals surface area contributed by atoms with E-state index in [1.807, 2.05) is 37.3 Å². The number of hydrogen-bond acceptors (Lipinski definition) is 5. The number of rotatable bonds is 13. The summed E-state index contributed by atoms with van der Waals surface area (Å²) in [5, 5.41) is 2.88. The van der Waals surface area contributed by atoms with Gasteiger partial charge in [0.15, 0.2) is 0 Å². The van der Waals surface area contributed by atoms with E-state index in [9.17, 15) is 18.0 Å². The molecule has 8 nitrogen and oxygen atoms in total. The predicted octanol–water partition coefficient (Wildman–Crippen LogP) is 4.22. The molecule has 1 unspecified atom stereocenters. The van der Waals surface area contributed by atoms with Crippen LogP contribution in [0.5, 0.6) is 5.75 Å². The van der Waals surface area contributed by atoms with Crippen molar-refractivity contribution in [3.05, 3.63) is 90.5 Å². The number of nitrogens with one attached hydrogen (secondary N) is 1. The second-order valence-electron chi connectivity index (χ2n) is 8.85. The van der Waals surface area contributed by atoms with Crippen LogP contribution in [-0.4, -0.2) is 51.4 Å². The number of carbonyl (C=O) groups excluding carboxylic acids is 2. The first-order chi connectivity index (χ1) is 18.3. The summed E-state index contributed by atoms with van der Waals surface area (Å²) < 4.78 is 33.8. The van der Waals surface area contributed by atoms with Crippen LogP contribution < -0.4 is 14.4 Å². The number of para-hydroxylation sites is 1. The molecular formula is C29H35N3O5S. The highest BCUT2D eigenvalue weighted by Gasteiger charge is 2.32. The number of unbranched alkanes of at least 4 members (excludes halogenated alkanes) is 1. The first-order valence-corrected chi connectivity index (χ1v) is 14.0. The summed E-state index contributed by atoms with van der Waals surface area (Å²) in [5.41, 5.74) is 1.18. The minimum absolute atomic E-state index is 0.0231. The smallest absolute Gasteiger partial charge is 0.264 e. The lowest BCUT2D eigenvalue weighted by molar-refractivity contribution is -0.139. The molecule has 0 aliphatic heterocycles. The highest BCUT2D eigenvalue weighted by atomic mass is 32.2. The molecule has 0 spiro atoms. The average molecular weight is 538 g/mol. The number of nitrogens with zero attached hydrogens (tertiary/aromatic N) is 2. The molecule has 38 heavy (non-hydrogen) atoms. The fraction of sp³-hybridized carbons (Fsp3) is 0.310. The van der Waals surface area contributed by atoms with Crippen LogP contribution in [0.15, 0.2) is 89.8 Å². The van der Waals surface area contributed by atoms with E-state index in [2.05, 4.69) is 5.32 Å². The zero-order valence-electron chi connectivity index (χ0n) is 22.0. The molecule has 0 aliphatic rings. The number of carbonyl (C=O) groups is 2. The fourth-order valence-electron chi connectivity index (χ4n) is 3.90. The first kappa shape index (κ1) is 28.7. The quantitative estimate of drug-likeness (QED) is 0.329. The van der Waals surface area contributed by atoms with Crippen molar-refractivity contribution in [2.24, 2.45) is 0 Å². The van der Waals surface area contributed by atoms with E-state index in [4.69, 9.17) is 4.74 Å². The van der Waals surface area contributed by atoms with E-state index >= 15 is 0 Å². The van der Waals surface area contributed by atoms with Gasteiger partial charge in [-0.3, -0.25) is 13.9 Å². The number of anilines is 1. The summed E-state index contributed by atoms with van der Waals surface area (Å²) in [6.45, 7) is 3.88. The molecule has 1 atom stereocenters. The van der Waals surface area contributed by atoms with Crippen LogP contribution in [0.2, 0.25) is 0 Å². The van der Waals surface area contributed by atoms with Gasteiger partial charge in [0.1, 0.15) is 18.3 Å². The van der Waals surface area contributed by atoms with Gasteiger partial charge in [0, 0.05) is 13.1 Å². The molecule has 0 aromatic heterocycles. The molecule has 0 fully saturated rings. The number of methoxy groups -OCH3 is 1. The summed E-state index contributed by atoms with van der Waals surface area (Å²) in [6, 6.07) is 23.0. The van der Waals surface area contributed by atoms with Crippen LogP contribution in [0.4, 0.5) is 5.69 Å². The zero-order valence-corrected chi connectivity index (χ0v) is 22.9. The van der Waals surface area contributed by atoms with Gasteiger partial charge < -0.3 is 15.0 Å². The van der Waals surface area contributed by atoms with E-state index in [1.165, 1.54) is 24.1 Å². The second-order valence-corrected chi connectivity index (χ2v) is 10.7. The topological polar surface area (TPSA) is 96.0 Å². The summed E-state index contributed by atoms with van der Waals surface area (Å²) in [4.78, 5) is 28.2. The van der Waals surface area contributed by atoms with Crippen LogP contribution >= 0.6 is 0 Å². The molecule has 0 saturated heterocycles. The van der Waals surface area contributed by atoms with E-state index < -0.39 is 28.5 Å². The van der Waals surface area contributed by atoms with Crippen LogP contribution in [0.25, 0.3) is 0 Å². The Morgan fingerprint density at radius 1 is 0.921 bits per heavy atom. The number of ether oxygens (including phenoxy) is 1. The van der Waals surface area contributed by atoms with Gasteiger partial charge in [-0.05, 0) is 55.3 Å². The molecule has 0 bridgehead atoms. The third-order valence-corrected chi connectivity index (χ3v) is 7.95. The Morgan fingerprint density at radius 3 is 2.11 bits per heavy atom. The maximum Gasteiger partial charge on any atom is 0.264 e. The number of sulfonamides is 1. The summed E-state index contributed by atoms with van der Waals surface area (Å²) in [7, 11) is -2.61. The monoisotopic (exact) mass is 537 g/mol. The van der Waals surface area contributed by atoms with E-state index in [0.717, 1.165) is 22.7 Å². The summed E-state index contributed by atoms with van der Waals surface area (Å²) >= 11 is 0. The lowest BCUT2D eigenvalue weighted by Crippen LogP contribution is -2.51. The lowest BCUT2D eigenvalue weighted by Gasteiger charge is -2.32.